The summed E-state index contributed by atoms with van der Waals surface area (Å²) in [5.74, 6) is 0.265. The number of likely N-dealkylation sites (tertiary alicyclic amines) is 1. The standard InChI is InChI=1S/C26H31Cl2F3N8O/c1-2-38-9-3-4-16(13-38)34-24-33-12-20-23(37-24)39(17-7-5-14(6-8-17)22(32)40)25(35-20)36-21-18(27)10-15(11-19(21)28)26(29,30)31/h10-12,14,16-17H,2-9,13H2,1H3,(H2,32,40)(H,35,36)(H,33,34,37). The summed E-state index contributed by atoms with van der Waals surface area (Å²) >= 11 is 12.5. The number of nitrogens with zero attached hydrogens (tertiary/aromatic N) is 5. The smallest absolute Gasteiger partial charge is 0.369 e. The molecule has 1 atom stereocenters. The Morgan fingerprint density at radius 3 is 2.45 bits per heavy atom. The van der Waals surface area contributed by atoms with Crippen LogP contribution >= 0.6 is 23.2 Å². The minimum absolute atomic E-state index is 0.0943. The summed E-state index contributed by atoms with van der Waals surface area (Å²) in [5.41, 5.74) is 5.77. The number of rotatable bonds is 7. The highest BCUT2D eigenvalue weighted by Crippen LogP contribution is 2.42. The van der Waals surface area contributed by atoms with E-state index >= 15 is 0 Å². The van der Waals surface area contributed by atoms with Crippen molar-refractivity contribution in [1.29, 1.82) is 0 Å². The van der Waals surface area contributed by atoms with E-state index in [0.29, 0.717) is 48.7 Å². The Labute approximate surface area is 239 Å². The Balaban J connectivity index is 1.51. The van der Waals surface area contributed by atoms with E-state index in [2.05, 4.69) is 32.4 Å². The van der Waals surface area contributed by atoms with Crippen LogP contribution in [0.3, 0.4) is 0 Å². The molecule has 3 heterocycles. The molecule has 0 radical (unpaired) electrons. The third kappa shape index (κ3) is 6.08. The number of nitrogens with two attached hydrogens (primary N) is 1. The zero-order valence-corrected chi connectivity index (χ0v) is 23.5. The number of hydrogen-bond donors (Lipinski definition) is 3. The Morgan fingerprint density at radius 1 is 1.12 bits per heavy atom. The van der Waals surface area contributed by atoms with Gasteiger partial charge in [-0.05, 0) is 63.7 Å². The molecule has 1 unspecified atom stereocenters. The number of likely N-dealkylation sites (N-methyl/N-ethyl adjacent to an activating group) is 1. The van der Waals surface area contributed by atoms with Crippen molar-refractivity contribution in [3.8, 4) is 0 Å². The number of carbonyl (C=O) groups excluding carboxylic acids is 1. The molecule has 0 bridgehead atoms. The second-order valence-corrected chi connectivity index (χ2v) is 11.2. The molecule has 40 heavy (non-hydrogen) atoms. The van der Waals surface area contributed by atoms with Crippen LogP contribution in [0.1, 0.15) is 57.1 Å². The second-order valence-electron chi connectivity index (χ2n) is 10.4. The van der Waals surface area contributed by atoms with Crippen molar-refractivity contribution >= 4 is 57.9 Å². The van der Waals surface area contributed by atoms with Crippen LogP contribution in [0.5, 0.6) is 0 Å². The topological polar surface area (TPSA) is 114 Å². The first-order valence-electron chi connectivity index (χ1n) is 13.4. The molecule has 1 amide bonds. The zero-order chi connectivity index (χ0) is 28.6. The average Bonchev–Trinajstić information content (AvgIpc) is 3.27. The number of primary amides is 1. The van der Waals surface area contributed by atoms with E-state index < -0.39 is 11.7 Å². The molecule has 5 rings (SSSR count). The Hall–Kier alpha value is -2.83. The summed E-state index contributed by atoms with van der Waals surface area (Å²) in [5, 5.41) is 6.12. The maximum atomic E-state index is 13.3. The number of nitrogens with one attached hydrogen (secondary N) is 2. The molecular formula is C26H31Cl2F3N8O. The van der Waals surface area contributed by atoms with Crippen molar-refractivity contribution in [2.45, 2.75) is 63.7 Å². The summed E-state index contributed by atoms with van der Waals surface area (Å²) < 4.78 is 41.7. The number of hydrogen-bond acceptors (Lipinski definition) is 7. The summed E-state index contributed by atoms with van der Waals surface area (Å²) in [6, 6.07) is 1.76. The van der Waals surface area contributed by atoms with Crippen LogP contribution in [0, 0.1) is 5.92 Å². The van der Waals surface area contributed by atoms with E-state index in [-0.39, 0.29) is 39.6 Å². The fourth-order valence-electron chi connectivity index (χ4n) is 5.62. The highest BCUT2D eigenvalue weighted by molar-refractivity contribution is 6.39. The lowest BCUT2D eigenvalue weighted by molar-refractivity contribution is -0.137. The van der Waals surface area contributed by atoms with Crippen molar-refractivity contribution < 1.29 is 18.0 Å². The van der Waals surface area contributed by atoms with E-state index in [4.69, 9.17) is 33.9 Å². The third-order valence-electron chi connectivity index (χ3n) is 7.79. The van der Waals surface area contributed by atoms with Gasteiger partial charge < -0.3 is 21.3 Å². The normalized spacial score (nSPS) is 22.4. The summed E-state index contributed by atoms with van der Waals surface area (Å²) in [4.78, 5) is 28.1. The molecule has 1 aromatic carbocycles. The van der Waals surface area contributed by atoms with Crippen LogP contribution in [0.15, 0.2) is 18.3 Å². The fourth-order valence-corrected chi connectivity index (χ4v) is 6.21. The molecule has 2 aliphatic rings. The predicted octanol–water partition coefficient (Wildman–Crippen LogP) is 6.01. The zero-order valence-electron chi connectivity index (χ0n) is 21.9. The van der Waals surface area contributed by atoms with Crippen molar-refractivity contribution in [3.63, 3.8) is 0 Å². The molecule has 2 fully saturated rings. The number of fused-ring (bicyclic) bond motifs is 1. The average molecular weight is 599 g/mol. The van der Waals surface area contributed by atoms with Crippen LogP contribution in [0.25, 0.3) is 11.2 Å². The number of carbonyl (C=O) groups is 1. The van der Waals surface area contributed by atoms with Gasteiger partial charge in [0, 0.05) is 24.5 Å². The van der Waals surface area contributed by atoms with Gasteiger partial charge in [0.2, 0.25) is 17.8 Å². The van der Waals surface area contributed by atoms with Crippen molar-refractivity contribution in [2.75, 3.05) is 30.3 Å². The third-order valence-corrected chi connectivity index (χ3v) is 8.39. The van der Waals surface area contributed by atoms with Gasteiger partial charge in [-0.2, -0.15) is 18.2 Å². The molecule has 4 N–H and O–H groups in total. The molecule has 9 nitrogen and oxygen atoms in total. The van der Waals surface area contributed by atoms with Gasteiger partial charge in [-0.15, -0.1) is 0 Å². The molecule has 2 aromatic heterocycles. The molecular weight excluding hydrogens is 568 g/mol. The van der Waals surface area contributed by atoms with Gasteiger partial charge in [-0.3, -0.25) is 9.36 Å². The van der Waals surface area contributed by atoms with E-state index in [0.717, 1.165) is 44.6 Å². The SMILES string of the molecule is CCN1CCCC(Nc2ncc3nc(Nc4c(Cl)cc(C(F)(F)F)cc4Cl)n(C4CCC(C(N)=O)CC4)c3n2)C1. The highest BCUT2D eigenvalue weighted by atomic mass is 35.5. The number of imidazole rings is 1. The molecule has 1 aliphatic heterocycles. The largest absolute Gasteiger partial charge is 0.416 e. The first-order valence-corrected chi connectivity index (χ1v) is 14.2. The Bertz CT molecular complexity index is 1370. The fraction of sp³-hybridized carbons (Fsp3) is 0.538. The maximum absolute atomic E-state index is 13.3. The maximum Gasteiger partial charge on any atom is 0.416 e. The van der Waals surface area contributed by atoms with E-state index in [1.165, 1.54) is 0 Å². The lowest BCUT2D eigenvalue weighted by Gasteiger charge is -2.32. The molecule has 1 saturated carbocycles. The van der Waals surface area contributed by atoms with Crippen LogP contribution < -0.4 is 16.4 Å². The van der Waals surface area contributed by atoms with E-state index in [9.17, 15) is 18.0 Å². The molecule has 216 valence electrons. The highest BCUT2D eigenvalue weighted by Gasteiger charge is 2.33. The number of piperidine rings is 1. The van der Waals surface area contributed by atoms with Gasteiger partial charge in [0.05, 0.1) is 27.5 Å². The van der Waals surface area contributed by atoms with E-state index in [1.807, 2.05) is 4.57 Å². The second kappa shape index (κ2) is 11.6. The van der Waals surface area contributed by atoms with Gasteiger partial charge in [-0.25, -0.2) is 9.97 Å². The Kier molecular flexibility index (Phi) is 8.30. The quantitative estimate of drug-likeness (QED) is 0.305. The van der Waals surface area contributed by atoms with Crippen molar-refractivity contribution in [1.82, 2.24) is 24.4 Å². The number of anilines is 3. The number of aromatic nitrogens is 4. The van der Waals surface area contributed by atoms with Crippen LogP contribution in [0.2, 0.25) is 10.0 Å². The number of benzene rings is 1. The van der Waals surface area contributed by atoms with Gasteiger partial charge in [-0.1, -0.05) is 30.1 Å². The van der Waals surface area contributed by atoms with Crippen molar-refractivity contribution in [3.05, 3.63) is 33.9 Å². The predicted molar refractivity (Wildman–Crippen MR) is 149 cm³/mol. The number of alkyl halides is 3. The summed E-state index contributed by atoms with van der Waals surface area (Å²) in [6.07, 6.45) is 1.61. The lowest BCUT2D eigenvalue weighted by atomic mass is 9.85. The van der Waals surface area contributed by atoms with Crippen LogP contribution in [0.4, 0.5) is 30.8 Å². The minimum Gasteiger partial charge on any atom is -0.369 e. The number of amides is 1. The van der Waals surface area contributed by atoms with Gasteiger partial charge in [0.1, 0.15) is 5.52 Å². The van der Waals surface area contributed by atoms with Crippen LogP contribution in [-0.2, 0) is 11.0 Å². The monoisotopic (exact) mass is 598 g/mol. The summed E-state index contributed by atoms with van der Waals surface area (Å²) in [7, 11) is 0. The Morgan fingerprint density at radius 2 is 1.82 bits per heavy atom. The molecule has 1 saturated heterocycles. The van der Waals surface area contributed by atoms with Gasteiger partial charge >= 0.3 is 6.18 Å². The molecule has 0 spiro atoms. The lowest BCUT2D eigenvalue weighted by Crippen LogP contribution is -2.42. The molecule has 14 heteroatoms. The van der Waals surface area contributed by atoms with Crippen LogP contribution in [-0.4, -0.2) is 56.0 Å². The molecule has 3 aromatic rings. The molecule has 1 aliphatic carbocycles. The number of halogens is 5. The van der Waals surface area contributed by atoms with Crippen molar-refractivity contribution in [2.24, 2.45) is 11.7 Å². The summed E-state index contributed by atoms with van der Waals surface area (Å²) in [6.45, 7) is 5.08. The first kappa shape index (κ1) is 28.7. The van der Waals surface area contributed by atoms with Gasteiger partial charge in [0.25, 0.3) is 0 Å². The van der Waals surface area contributed by atoms with Gasteiger partial charge in [0.15, 0.2) is 5.65 Å². The minimum atomic E-state index is -4.59. The first-order chi connectivity index (χ1) is 19.0. The van der Waals surface area contributed by atoms with E-state index in [1.54, 1.807) is 6.20 Å².